The molecular weight excluding hydrogens is 354 g/mol. The zero-order valence-electron chi connectivity index (χ0n) is 14.7. The lowest BCUT2D eigenvalue weighted by Gasteiger charge is -2.23. The van der Waals surface area contributed by atoms with Crippen LogP contribution in [0.1, 0.15) is 23.7 Å². The topological polar surface area (TPSA) is 8.17 Å². The second-order valence-corrected chi connectivity index (χ2v) is 7.32. The number of benzene rings is 2. The Morgan fingerprint density at radius 2 is 1.96 bits per heavy atom. The van der Waals surface area contributed by atoms with E-state index in [1.807, 2.05) is 31.3 Å². The van der Waals surface area contributed by atoms with Gasteiger partial charge in [-0.15, -0.1) is 0 Å². The number of hydrogen-bond donors (Lipinski definition) is 0. The van der Waals surface area contributed by atoms with E-state index < -0.39 is 11.6 Å². The van der Waals surface area contributed by atoms with E-state index in [4.69, 9.17) is 11.6 Å². The van der Waals surface area contributed by atoms with Crippen LogP contribution in [0.5, 0.6) is 0 Å². The first kappa shape index (κ1) is 17.3. The predicted molar refractivity (Wildman–Crippen MR) is 103 cm³/mol. The summed E-state index contributed by atoms with van der Waals surface area (Å²) in [7, 11) is 2.10. The first-order valence-corrected chi connectivity index (χ1v) is 8.95. The lowest BCUT2D eigenvalue weighted by atomic mass is 10.0. The van der Waals surface area contributed by atoms with E-state index in [0.717, 1.165) is 42.1 Å². The number of allylic oxidation sites excluding steroid dienone is 1. The number of aromatic nitrogens is 1. The molecule has 0 atom stereocenters. The average molecular weight is 373 g/mol. The van der Waals surface area contributed by atoms with Crippen molar-refractivity contribution in [2.24, 2.45) is 0 Å². The third kappa shape index (κ3) is 2.93. The highest BCUT2D eigenvalue weighted by atomic mass is 35.5. The van der Waals surface area contributed by atoms with Gasteiger partial charge in [-0.05, 0) is 55.4 Å². The van der Waals surface area contributed by atoms with Gasteiger partial charge in [0.05, 0.1) is 5.52 Å². The Morgan fingerprint density at radius 3 is 2.73 bits per heavy atom. The van der Waals surface area contributed by atoms with Crippen LogP contribution in [0, 0.1) is 11.6 Å². The van der Waals surface area contributed by atoms with Crippen LogP contribution in [0.15, 0.2) is 36.4 Å². The number of hydrogen-bond acceptors (Lipinski definition) is 1. The molecule has 1 aliphatic rings. The van der Waals surface area contributed by atoms with Crippen LogP contribution in [0.3, 0.4) is 0 Å². The smallest absolute Gasteiger partial charge is 0.133 e. The van der Waals surface area contributed by atoms with Crippen LogP contribution in [0.4, 0.5) is 8.78 Å². The summed E-state index contributed by atoms with van der Waals surface area (Å²) in [6, 6.07) is 9.56. The molecule has 26 heavy (non-hydrogen) atoms. The minimum Gasteiger partial charge on any atom is -0.320 e. The first-order chi connectivity index (χ1) is 12.4. The SMILES string of the molecule is CC(=Cn1c2c(c3cc(Cl)ccc31)CN(C)CC2)c1ccc(F)cc1F. The Hall–Kier alpha value is -2.17. The maximum absolute atomic E-state index is 14.2. The minimum atomic E-state index is -0.569. The molecule has 0 fully saturated rings. The number of halogens is 3. The summed E-state index contributed by atoms with van der Waals surface area (Å²) >= 11 is 6.22. The van der Waals surface area contributed by atoms with Gasteiger partial charge in [-0.25, -0.2) is 8.78 Å². The number of nitrogens with zero attached hydrogens (tertiary/aromatic N) is 2. The Morgan fingerprint density at radius 1 is 1.15 bits per heavy atom. The van der Waals surface area contributed by atoms with Gasteiger partial charge in [-0.2, -0.15) is 0 Å². The summed E-state index contributed by atoms with van der Waals surface area (Å²) in [5, 5.41) is 1.83. The van der Waals surface area contributed by atoms with Crippen LogP contribution in [0.2, 0.25) is 5.02 Å². The van der Waals surface area contributed by atoms with Crippen molar-refractivity contribution in [3.05, 3.63) is 69.9 Å². The Labute approximate surface area is 156 Å². The van der Waals surface area contributed by atoms with Crippen LogP contribution in [0.25, 0.3) is 22.7 Å². The van der Waals surface area contributed by atoms with Gasteiger partial charge < -0.3 is 9.47 Å². The van der Waals surface area contributed by atoms with E-state index >= 15 is 0 Å². The summed E-state index contributed by atoms with van der Waals surface area (Å²) in [4.78, 5) is 2.28. The zero-order chi connectivity index (χ0) is 18.4. The molecule has 0 aliphatic carbocycles. The number of fused-ring (bicyclic) bond motifs is 3. The van der Waals surface area contributed by atoms with Crippen molar-refractivity contribution in [3.8, 4) is 0 Å². The molecule has 0 radical (unpaired) electrons. The van der Waals surface area contributed by atoms with Crippen LogP contribution in [-0.4, -0.2) is 23.1 Å². The first-order valence-electron chi connectivity index (χ1n) is 8.57. The molecule has 0 unspecified atom stereocenters. The molecule has 2 aromatic carbocycles. The van der Waals surface area contributed by atoms with E-state index in [1.54, 1.807) is 0 Å². The standard InChI is InChI=1S/C21H19ClF2N2/c1-13(16-5-4-15(23)10-19(16)24)11-26-20-6-3-14(22)9-17(20)18-12-25(2)8-7-21(18)26/h3-6,9-11H,7-8,12H2,1-2H3. The van der Waals surface area contributed by atoms with Gasteiger partial charge in [0.1, 0.15) is 11.6 Å². The molecule has 0 saturated carbocycles. The quantitative estimate of drug-likeness (QED) is 0.570. The molecule has 5 heteroatoms. The molecule has 0 amide bonds. The fourth-order valence-electron chi connectivity index (χ4n) is 3.72. The van der Waals surface area contributed by atoms with Gasteiger partial charge in [-0.1, -0.05) is 11.6 Å². The Balaban J connectivity index is 1.91. The van der Waals surface area contributed by atoms with E-state index in [-0.39, 0.29) is 0 Å². The van der Waals surface area contributed by atoms with E-state index in [2.05, 4.69) is 16.5 Å². The van der Waals surface area contributed by atoms with Crippen LogP contribution >= 0.6 is 11.6 Å². The molecule has 3 aromatic rings. The second-order valence-electron chi connectivity index (χ2n) is 6.88. The van der Waals surface area contributed by atoms with Crippen LogP contribution < -0.4 is 0 Å². The molecule has 2 nitrogen and oxygen atoms in total. The van der Waals surface area contributed by atoms with Crippen molar-refractivity contribution in [1.29, 1.82) is 0 Å². The highest BCUT2D eigenvalue weighted by Crippen LogP contribution is 2.33. The van der Waals surface area contributed by atoms with Crippen molar-refractivity contribution in [2.75, 3.05) is 13.6 Å². The van der Waals surface area contributed by atoms with Crippen molar-refractivity contribution in [3.63, 3.8) is 0 Å². The van der Waals surface area contributed by atoms with E-state index in [1.165, 1.54) is 23.4 Å². The largest absolute Gasteiger partial charge is 0.320 e. The molecule has 4 rings (SSSR count). The van der Waals surface area contributed by atoms with Gasteiger partial charge >= 0.3 is 0 Å². The molecule has 1 aromatic heterocycles. The Bertz CT molecular complexity index is 1040. The lowest BCUT2D eigenvalue weighted by Crippen LogP contribution is -2.26. The molecule has 2 heterocycles. The monoisotopic (exact) mass is 372 g/mol. The summed E-state index contributed by atoms with van der Waals surface area (Å²) in [5.41, 5.74) is 4.69. The van der Waals surface area contributed by atoms with Crippen molar-refractivity contribution >= 4 is 34.3 Å². The number of likely N-dealkylation sites (N-methyl/N-ethyl adjacent to an activating group) is 1. The average Bonchev–Trinajstić information content (AvgIpc) is 2.87. The zero-order valence-corrected chi connectivity index (χ0v) is 15.4. The molecule has 1 aliphatic heterocycles. The fraction of sp³-hybridized carbons (Fsp3) is 0.238. The minimum absolute atomic E-state index is 0.406. The van der Waals surface area contributed by atoms with Gasteiger partial charge in [0, 0.05) is 53.4 Å². The predicted octanol–water partition coefficient (Wildman–Crippen LogP) is 5.58. The third-order valence-corrected chi connectivity index (χ3v) is 5.25. The highest BCUT2D eigenvalue weighted by molar-refractivity contribution is 6.31. The second kappa shape index (κ2) is 6.53. The van der Waals surface area contributed by atoms with Crippen molar-refractivity contribution in [1.82, 2.24) is 9.47 Å². The van der Waals surface area contributed by atoms with E-state index in [0.29, 0.717) is 10.6 Å². The number of rotatable bonds is 2. The van der Waals surface area contributed by atoms with E-state index in [9.17, 15) is 8.78 Å². The highest BCUT2D eigenvalue weighted by Gasteiger charge is 2.22. The molecule has 0 spiro atoms. The Kier molecular flexibility index (Phi) is 4.33. The van der Waals surface area contributed by atoms with Gasteiger partial charge in [0.25, 0.3) is 0 Å². The van der Waals surface area contributed by atoms with Gasteiger partial charge in [-0.3, -0.25) is 0 Å². The molecule has 0 saturated heterocycles. The summed E-state index contributed by atoms with van der Waals surface area (Å²) < 4.78 is 29.5. The third-order valence-electron chi connectivity index (χ3n) is 5.02. The molecule has 0 bridgehead atoms. The van der Waals surface area contributed by atoms with Crippen molar-refractivity contribution in [2.45, 2.75) is 19.9 Å². The fourth-order valence-corrected chi connectivity index (χ4v) is 3.89. The lowest BCUT2D eigenvalue weighted by molar-refractivity contribution is 0.312. The molecule has 0 N–H and O–H groups in total. The maximum atomic E-state index is 14.2. The van der Waals surface area contributed by atoms with Crippen LogP contribution in [-0.2, 0) is 13.0 Å². The molecule has 134 valence electrons. The summed E-state index contributed by atoms with van der Waals surface area (Å²) in [6.45, 7) is 3.67. The summed E-state index contributed by atoms with van der Waals surface area (Å²) in [5.74, 6) is -1.12. The van der Waals surface area contributed by atoms with Gasteiger partial charge in [0.2, 0.25) is 0 Å². The normalized spacial score (nSPS) is 15.5. The van der Waals surface area contributed by atoms with Gasteiger partial charge in [0.15, 0.2) is 0 Å². The van der Waals surface area contributed by atoms with Crippen molar-refractivity contribution < 1.29 is 8.78 Å². The maximum Gasteiger partial charge on any atom is 0.133 e. The summed E-state index contributed by atoms with van der Waals surface area (Å²) in [6.07, 6.45) is 2.85. The molecular formula is C21H19ClF2N2.